The van der Waals surface area contributed by atoms with Crippen LogP contribution in [0.3, 0.4) is 0 Å². The topological polar surface area (TPSA) is 56.8 Å². The molecule has 5 nitrogen and oxygen atoms in total. The molecule has 0 saturated heterocycles. The molecule has 0 saturated carbocycles. The van der Waals surface area contributed by atoms with E-state index in [2.05, 4.69) is 5.32 Å². The molecule has 1 heterocycles. The summed E-state index contributed by atoms with van der Waals surface area (Å²) in [4.78, 5) is 12.4. The standard InChI is InChI=1S/C21H25NO4/c1-5-24-20-10-16-9-15(4)26-19(16)11-17(20)22-21(23)12-25-18-7-6-13(2)8-14(18)3/h6-8,10-11,15H,5,9,12H2,1-4H3,(H,22,23)/t15-/m0/s1. The highest BCUT2D eigenvalue weighted by molar-refractivity contribution is 5.93. The summed E-state index contributed by atoms with van der Waals surface area (Å²) >= 11 is 0. The molecule has 5 heteroatoms. The maximum atomic E-state index is 12.4. The number of benzene rings is 2. The first-order valence-electron chi connectivity index (χ1n) is 8.92. The van der Waals surface area contributed by atoms with Gasteiger partial charge in [-0.25, -0.2) is 0 Å². The van der Waals surface area contributed by atoms with E-state index < -0.39 is 0 Å². The highest BCUT2D eigenvalue weighted by atomic mass is 16.5. The lowest BCUT2D eigenvalue weighted by molar-refractivity contribution is -0.118. The van der Waals surface area contributed by atoms with Gasteiger partial charge in [0.25, 0.3) is 5.91 Å². The van der Waals surface area contributed by atoms with Gasteiger partial charge >= 0.3 is 0 Å². The second-order valence-electron chi connectivity index (χ2n) is 6.63. The van der Waals surface area contributed by atoms with E-state index in [9.17, 15) is 4.79 Å². The predicted molar refractivity (Wildman–Crippen MR) is 101 cm³/mol. The summed E-state index contributed by atoms with van der Waals surface area (Å²) in [6, 6.07) is 9.65. The Bertz CT molecular complexity index is 816. The van der Waals surface area contributed by atoms with Crippen LogP contribution in [0, 0.1) is 13.8 Å². The van der Waals surface area contributed by atoms with E-state index in [0.29, 0.717) is 23.8 Å². The summed E-state index contributed by atoms with van der Waals surface area (Å²) in [5.74, 6) is 1.93. The van der Waals surface area contributed by atoms with E-state index in [1.54, 1.807) is 0 Å². The van der Waals surface area contributed by atoms with E-state index in [4.69, 9.17) is 14.2 Å². The SMILES string of the molecule is CCOc1cc2c(cc1NC(=O)COc1ccc(C)cc1C)O[C@@H](C)C2. The van der Waals surface area contributed by atoms with Gasteiger partial charge in [-0.2, -0.15) is 0 Å². The number of aryl methyl sites for hydroxylation is 2. The van der Waals surface area contributed by atoms with Crippen molar-refractivity contribution in [3.05, 3.63) is 47.0 Å². The fourth-order valence-electron chi connectivity index (χ4n) is 3.10. The summed E-state index contributed by atoms with van der Waals surface area (Å²) in [7, 11) is 0. The fourth-order valence-corrected chi connectivity index (χ4v) is 3.10. The molecule has 1 N–H and O–H groups in total. The van der Waals surface area contributed by atoms with E-state index in [0.717, 1.165) is 28.9 Å². The summed E-state index contributed by atoms with van der Waals surface area (Å²) < 4.78 is 17.1. The first kappa shape index (κ1) is 18.1. The lowest BCUT2D eigenvalue weighted by Gasteiger charge is -2.14. The molecule has 0 bridgehead atoms. The molecule has 3 rings (SSSR count). The van der Waals surface area contributed by atoms with Crippen molar-refractivity contribution in [3.63, 3.8) is 0 Å². The minimum atomic E-state index is -0.239. The number of ether oxygens (including phenoxy) is 3. The molecule has 1 aliphatic rings. The molecular weight excluding hydrogens is 330 g/mol. The van der Waals surface area contributed by atoms with Crippen molar-refractivity contribution in [3.8, 4) is 17.2 Å². The van der Waals surface area contributed by atoms with Crippen LogP contribution in [-0.2, 0) is 11.2 Å². The van der Waals surface area contributed by atoms with Crippen molar-refractivity contribution >= 4 is 11.6 Å². The van der Waals surface area contributed by atoms with Crippen molar-refractivity contribution in [1.82, 2.24) is 0 Å². The number of hydrogen-bond acceptors (Lipinski definition) is 4. The van der Waals surface area contributed by atoms with Crippen LogP contribution in [0.15, 0.2) is 30.3 Å². The van der Waals surface area contributed by atoms with Crippen molar-refractivity contribution < 1.29 is 19.0 Å². The van der Waals surface area contributed by atoms with Gasteiger partial charge in [0.15, 0.2) is 6.61 Å². The zero-order chi connectivity index (χ0) is 18.7. The van der Waals surface area contributed by atoms with Gasteiger partial charge in [-0.05, 0) is 45.4 Å². The number of nitrogens with one attached hydrogen (secondary N) is 1. The number of anilines is 1. The summed E-state index contributed by atoms with van der Waals surface area (Å²) in [5.41, 5.74) is 3.88. The lowest BCUT2D eigenvalue weighted by atomic mass is 10.1. The molecule has 1 atom stereocenters. The Labute approximate surface area is 154 Å². The van der Waals surface area contributed by atoms with Gasteiger partial charge in [0.2, 0.25) is 0 Å². The molecule has 2 aromatic rings. The Kier molecular flexibility index (Phi) is 5.35. The van der Waals surface area contributed by atoms with Crippen molar-refractivity contribution in [2.75, 3.05) is 18.5 Å². The Balaban J connectivity index is 1.69. The molecule has 0 spiro atoms. The zero-order valence-electron chi connectivity index (χ0n) is 15.7. The quantitative estimate of drug-likeness (QED) is 0.849. The molecular formula is C21H25NO4. The van der Waals surface area contributed by atoms with E-state index in [1.165, 1.54) is 0 Å². The summed E-state index contributed by atoms with van der Waals surface area (Å²) in [6.07, 6.45) is 0.984. The lowest BCUT2D eigenvalue weighted by Crippen LogP contribution is -2.21. The molecule has 0 aliphatic carbocycles. The summed E-state index contributed by atoms with van der Waals surface area (Å²) in [5, 5.41) is 2.87. The number of fused-ring (bicyclic) bond motifs is 1. The number of carbonyl (C=O) groups excluding carboxylic acids is 1. The van der Waals surface area contributed by atoms with Crippen LogP contribution in [0.4, 0.5) is 5.69 Å². The number of hydrogen-bond donors (Lipinski definition) is 1. The van der Waals surface area contributed by atoms with E-state index >= 15 is 0 Å². The Morgan fingerprint density at radius 1 is 1.19 bits per heavy atom. The number of rotatable bonds is 6. The van der Waals surface area contributed by atoms with Crippen LogP contribution in [-0.4, -0.2) is 25.2 Å². The van der Waals surface area contributed by atoms with Gasteiger partial charge in [-0.15, -0.1) is 0 Å². The average molecular weight is 355 g/mol. The fraction of sp³-hybridized carbons (Fsp3) is 0.381. The van der Waals surface area contributed by atoms with Crippen LogP contribution >= 0.6 is 0 Å². The van der Waals surface area contributed by atoms with Gasteiger partial charge in [-0.3, -0.25) is 4.79 Å². The Morgan fingerprint density at radius 2 is 2.00 bits per heavy atom. The van der Waals surface area contributed by atoms with Crippen LogP contribution < -0.4 is 19.5 Å². The Hall–Kier alpha value is -2.69. The molecule has 26 heavy (non-hydrogen) atoms. The molecule has 138 valence electrons. The maximum Gasteiger partial charge on any atom is 0.262 e. The normalized spacial score (nSPS) is 15.2. The number of carbonyl (C=O) groups is 1. The van der Waals surface area contributed by atoms with Crippen LogP contribution in [0.2, 0.25) is 0 Å². The zero-order valence-corrected chi connectivity index (χ0v) is 15.7. The largest absolute Gasteiger partial charge is 0.492 e. The number of amides is 1. The van der Waals surface area contributed by atoms with E-state index in [1.807, 2.05) is 58.0 Å². The molecule has 1 amide bonds. The maximum absolute atomic E-state index is 12.4. The minimum absolute atomic E-state index is 0.0657. The Morgan fingerprint density at radius 3 is 2.73 bits per heavy atom. The highest BCUT2D eigenvalue weighted by Gasteiger charge is 2.22. The third-order valence-corrected chi connectivity index (χ3v) is 4.26. The smallest absolute Gasteiger partial charge is 0.262 e. The predicted octanol–water partition coefficient (Wildman–Crippen LogP) is 4.04. The first-order valence-corrected chi connectivity index (χ1v) is 8.92. The molecule has 2 aromatic carbocycles. The van der Waals surface area contributed by atoms with Gasteiger partial charge in [0.1, 0.15) is 23.4 Å². The summed E-state index contributed by atoms with van der Waals surface area (Å²) in [6.45, 7) is 8.39. The first-order chi connectivity index (χ1) is 12.5. The molecule has 0 fully saturated rings. The van der Waals surface area contributed by atoms with Gasteiger partial charge in [0, 0.05) is 18.1 Å². The third kappa shape index (κ3) is 4.10. The van der Waals surface area contributed by atoms with Crippen molar-refractivity contribution in [2.45, 2.75) is 40.2 Å². The van der Waals surface area contributed by atoms with Crippen LogP contribution in [0.5, 0.6) is 17.2 Å². The van der Waals surface area contributed by atoms with Gasteiger partial charge < -0.3 is 19.5 Å². The van der Waals surface area contributed by atoms with Crippen LogP contribution in [0.25, 0.3) is 0 Å². The van der Waals surface area contributed by atoms with Crippen LogP contribution in [0.1, 0.15) is 30.5 Å². The molecule has 0 radical (unpaired) electrons. The van der Waals surface area contributed by atoms with Crippen molar-refractivity contribution in [2.24, 2.45) is 0 Å². The molecule has 0 unspecified atom stereocenters. The van der Waals surface area contributed by atoms with Crippen molar-refractivity contribution in [1.29, 1.82) is 0 Å². The van der Waals surface area contributed by atoms with E-state index in [-0.39, 0.29) is 18.6 Å². The van der Waals surface area contributed by atoms with Gasteiger partial charge in [0.05, 0.1) is 12.3 Å². The van der Waals surface area contributed by atoms with Gasteiger partial charge in [-0.1, -0.05) is 17.7 Å². The molecule has 0 aromatic heterocycles. The highest BCUT2D eigenvalue weighted by Crippen LogP contribution is 2.38. The molecule has 1 aliphatic heterocycles. The third-order valence-electron chi connectivity index (χ3n) is 4.26. The second kappa shape index (κ2) is 7.68. The monoisotopic (exact) mass is 355 g/mol. The second-order valence-corrected chi connectivity index (χ2v) is 6.63. The average Bonchev–Trinajstić information content (AvgIpc) is 2.93. The minimum Gasteiger partial charge on any atom is -0.492 e.